The molecule has 0 aliphatic carbocycles. The first kappa shape index (κ1) is 9.51. The van der Waals surface area contributed by atoms with Crippen molar-refractivity contribution in [1.82, 2.24) is 5.32 Å². The van der Waals surface area contributed by atoms with Crippen molar-refractivity contribution < 1.29 is 0 Å². The zero-order valence-corrected chi connectivity index (χ0v) is 8.46. The van der Waals surface area contributed by atoms with E-state index in [0.717, 1.165) is 18.0 Å². The van der Waals surface area contributed by atoms with Crippen LogP contribution in [-0.2, 0) is 0 Å². The molecule has 1 aromatic carbocycles. The van der Waals surface area contributed by atoms with Crippen molar-refractivity contribution in [1.29, 1.82) is 5.26 Å². The lowest BCUT2D eigenvalue weighted by Gasteiger charge is -2.09. The lowest BCUT2D eigenvalue weighted by atomic mass is 10.0. The van der Waals surface area contributed by atoms with Crippen molar-refractivity contribution in [3.8, 4) is 6.07 Å². The van der Waals surface area contributed by atoms with Gasteiger partial charge in [0.1, 0.15) is 0 Å². The van der Waals surface area contributed by atoms with Gasteiger partial charge in [0.15, 0.2) is 0 Å². The Morgan fingerprint density at radius 2 is 2.07 bits per heavy atom. The summed E-state index contributed by atoms with van der Waals surface area (Å²) in [5.41, 5.74) is 1.21. The Balaban J connectivity index is 2.10. The maximum atomic E-state index is 8.76. The first-order valence-corrected chi connectivity index (χ1v) is 5.06. The van der Waals surface area contributed by atoms with Gasteiger partial charge in [0, 0.05) is 17.6 Å². The molecule has 2 atom stereocenters. The van der Waals surface area contributed by atoms with E-state index >= 15 is 0 Å². The lowest BCUT2D eigenvalue weighted by molar-refractivity contribution is 0.639. The Morgan fingerprint density at radius 3 is 2.64 bits per heavy atom. The second-order valence-corrected chi connectivity index (χ2v) is 4.01. The molecule has 1 saturated heterocycles. The van der Waals surface area contributed by atoms with Gasteiger partial charge in [0.05, 0.1) is 12.0 Å². The molecule has 0 amide bonds. The minimum absolute atomic E-state index is 0.149. The maximum Gasteiger partial charge on any atom is 0.0669 e. The molecule has 0 saturated carbocycles. The van der Waals surface area contributed by atoms with Gasteiger partial charge in [0.2, 0.25) is 0 Å². The zero-order valence-electron chi connectivity index (χ0n) is 7.70. The van der Waals surface area contributed by atoms with Crippen LogP contribution >= 0.6 is 11.6 Å². The number of hydrogen-bond acceptors (Lipinski definition) is 2. The molecular weight excluding hydrogens is 196 g/mol. The van der Waals surface area contributed by atoms with E-state index in [0.29, 0.717) is 6.04 Å². The van der Waals surface area contributed by atoms with Gasteiger partial charge in [-0.15, -0.1) is 0 Å². The normalized spacial score (nSPS) is 26.0. The number of benzene rings is 1. The summed E-state index contributed by atoms with van der Waals surface area (Å²) in [7, 11) is 0. The molecule has 1 aromatic rings. The molecule has 14 heavy (non-hydrogen) atoms. The second-order valence-electron chi connectivity index (χ2n) is 3.57. The lowest BCUT2D eigenvalue weighted by Crippen LogP contribution is -2.13. The van der Waals surface area contributed by atoms with Crippen LogP contribution in [-0.4, -0.2) is 6.54 Å². The van der Waals surface area contributed by atoms with Crippen LogP contribution in [0.3, 0.4) is 0 Å². The van der Waals surface area contributed by atoms with E-state index in [1.54, 1.807) is 0 Å². The van der Waals surface area contributed by atoms with Gasteiger partial charge in [0.25, 0.3) is 0 Å². The van der Waals surface area contributed by atoms with Crippen LogP contribution in [0, 0.1) is 17.2 Å². The van der Waals surface area contributed by atoms with Crippen LogP contribution in [0.2, 0.25) is 5.02 Å². The molecule has 2 nitrogen and oxygen atoms in total. The summed E-state index contributed by atoms with van der Waals surface area (Å²) in [4.78, 5) is 0. The molecule has 72 valence electrons. The third-order valence-electron chi connectivity index (χ3n) is 2.59. The van der Waals surface area contributed by atoms with Gasteiger partial charge >= 0.3 is 0 Å². The monoisotopic (exact) mass is 206 g/mol. The standard InChI is InChI=1S/C11H11ClN2/c12-10-3-1-9(2-4-10)11-5-8(6-13)7-14-11/h1-4,8,11,14H,5,7H2. The highest BCUT2D eigenvalue weighted by molar-refractivity contribution is 6.30. The fourth-order valence-corrected chi connectivity index (χ4v) is 1.91. The Morgan fingerprint density at radius 1 is 1.36 bits per heavy atom. The average molecular weight is 207 g/mol. The number of halogens is 1. The summed E-state index contributed by atoms with van der Waals surface area (Å²) in [5, 5.41) is 12.8. The highest BCUT2D eigenvalue weighted by atomic mass is 35.5. The minimum Gasteiger partial charge on any atom is -0.309 e. The van der Waals surface area contributed by atoms with Gasteiger partial charge in [-0.1, -0.05) is 23.7 Å². The van der Waals surface area contributed by atoms with E-state index in [4.69, 9.17) is 16.9 Å². The highest BCUT2D eigenvalue weighted by Gasteiger charge is 2.24. The third-order valence-corrected chi connectivity index (χ3v) is 2.84. The van der Waals surface area contributed by atoms with E-state index in [1.165, 1.54) is 5.56 Å². The van der Waals surface area contributed by atoms with Crippen molar-refractivity contribution in [3.63, 3.8) is 0 Å². The molecule has 2 rings (SSSR count). The molecule has 1 aliphatic heterocycles. The van der Waals surface area contributed by atoms with Crippen molar-refractivity contribution in [2.24, 2.45) is 5.92 Å². The summed E-state index contributed by atoms with van der Waals surface area (Å²) in [5.74, 6) is 0.149. The Kier molecular flexibility index (Phi) is 2.72. The zero-order chi connectivity index (χ0) is 9.97. The summed E-state index contributed by atoms with van der Waals surface area (Å²) >= 11 is 5.80. The molecular formula is C11H11ClN2. The van der Waals surface area contributed by atoms with Crippen molar-refractivity contribution >= 4 is 11.6 Å². The topological polar surface area (TPSA) is 35.8 Å². The van der Waals surface area contributed by atoms with E-state index < -0.39 is 0 Å². The molecule has 1 heterocycles. The second kappa shape index (κ2) is 4.00. The molecule has 0 radical (unpaired) electrons. The van der Waals surface area contributed by atoms with Gasteiger partial charge in [-0.3, -0.25) is 0 Å². The van der Waals surface area contributed by atoms with E-state index in [1.807, 2.05) is 24.3 Å². The Bertz CT molecular complexity index is 353. The molecule has 0 aromatic heterocycles. The van der Waals surface area contributed by atoms with Crippen LogP contribution < -0.4 is 5.32 Å². The fourth-order valence-electron chi connectivity index (χ4n) is 1.78. The Labute approximate surface area is 88.5 Å². The summed E-state index contributed by atoms with van der Waals surface area (Å²) in [6, 6.07) is 10.4. The average Bonchev–Trinajstić information content (AvgIpc) is 2.67. The number of nitrogens with one attached hydrogen (secondary N) is 1. The number of hydrogen-bond donors (Lipinski definition) is 1. The SMILES string of the molecule is N#CC1CNC(c2ccc(Cl)cc2)C1. The van der Waals surface area contributed by atoms with Gasteiger partial charge < -0.3 is 5.32 Å². The third kappa shape index (κ3) is 1.89. The van der Waals surface area contributed by atoms with Crippen LogP contribution in [0.15, 0.2) is 24.3 Å². The largest absolute Gasteiger partial charge is 0.309 e. The maximum absolute atomic E-state index is 8.76. The van der Waals surface area contributed by atoms with Crippen LogP contribution in [0.25, 0.3) is 0 Å². The number of nitrogens with zero attached hydrogens (tertiary/aromatic N) is 1. The highest BCUT2D eigenvalue weighted by Crippen LogP contribution is 2.27. The number of rotatable bonds is 1. The smallest absolute Gasteiger partial charge is 0.0669 e. The summed E-state index contributed by atoms with van der Waals surface area (Å²) in [6.07, 6.45) is 0.901. The van der Waals surface area contributed by atoms with Crippen molar-refractivity contribution in [3.05, 3.63) is 34.9 Å². The van der Waals surface area contributed by atoms with Crippen LogP contribution in [0.1, 0.15) is 18.0 Å². The van der Waals surface area contributed by atoms with Gasteiger partial charge in [-0.2, -0.15) is 5.26 Å². The fraction of sp³-hybridized carbons (Fsp3) is 0.364. The van der Waals surface area contributed by atoms with E-state index in [9.17, 15) is 0 Å². The number of nitriles is 1. The molecule has 0 bridgehead atoms. The quantitative estimate of drug-likeness (QED) is 0.767. The van der Waals surface area contributed by atoms with E-state index in [-0.39, 0.29) is 5.92 Å². The summed E-state index contributed by atoms with van der Waals surface area (Å²) < 4.78 is 0. The van der Waals surface area contributed by atoms with Crippen molar-refractivity contribution in [2.45, 2.75) is 12.5 Å². The predicted octanol–water partition coefficient (Wildman–Crippen LogP) is 2.51. The summed E-state index contributed by atoms with van der Waals surface area (Å²) in [6.45, 7) is 0.795. The van der Waals surface area contributed by atoms with Gasteiger partial charge in [-0.25, -0.2) is 0 Å². The predicted molar refractivity (Wildman–Crippen MR) is 55.9 cm³/mol. The minimum atomic E-state index is 0.149. The molecule has 3 heteroatoms. The molecule has 1 fully saturated rings. The van der Waals surface area contributed by atoms with E-state index in [2.05, 4.69) is 11.4 Å². The van der Waals surface area contributed by atoms with Gasteiger partial charge in [-0.05, 0) is 24.1 Å². The van der Waals surface area contributed by atoms with Crippen LogP contribution in [0.5, 0.6) is 0 Å². The van der Waals surface area contributed by atoms with Crippen LogP contribution in [0.4, 0.5) is 0 Å². The molecule has 0 spiro atoms. The molecule has 1 aliphatic rings. The Hall–Kier alpha value is -1.04. The molecule has 2 unspecified atom stereocenters. The first-order valence-electron chi connectivity index (χ1n) is 4.68. The first-order chi connectivity index (χ1) is 6.79. The van der Waals surface area contributed by atoms with Crippen molar-refractivity contribution in [2.75, 3.05) is 6.54 Å². The molecule has 1 N–H and O–H groups in total.